The van der Waals surface area contributed by atoms with Crippen LogP contribution in [0.4, 0.5) is 11.4 Å². The largest absolute Gasteiger partial charge is 0.496 e. The number of hydrogen-bond donors (Lipinski definition) is 0. The van der Waals surface area contributed by atoms with Crippen LogP contribution in [-0.4, -0.2) is 26.4 Å². The van der Waals surface area contributed by atoms with Gasteiger partial charge in [-0.3, -0.25) is 4.99 Å². The van der Waals surface area contributed by atoms with E-state index in [-0.39, 0.29) is 0 Å². The number of ether oxygens (including phenoxy) is 1. The Morgan fingerprint density at radius 3 is 2.62 bits per heavy atom. The maximum Gasteiger partial charge on any atom is 0.129 e. The molecule has 1 aliphatic rings. The first-order chi connectivity index (χ1) is 11.7. The molecule has 0 radical (unpaired) electrons. The van der Waals surface area contributed by atoms with Gasteiger partial charge in [-0.1, -0.05) is 29.3 Å². The summed E-state index contributed by atoms with van der Waals surface area (Å²) in [6, 6.07) is 11.6. The van der Waals surface area contributed by atoms with E-state index in [4.69, 9.17) is 27.9 Å². The molecule has 1 aliphatic heterocycles. The number of benzene rings is 2. The molecular formula is C19H20Cl2N2O. The topological polar surface area (TPSA) is 24.8 Å². The lowest BCUT2D eigenvalue weighted by Crippen LogP contribution is -2.29. The van der Waals surface area contributed by atoms with Gasteiger partial charge in [-0.05, 0) is 43.5 Å². The molecule has 0 unspecified atom stereocenters. The minimum absolute atomic E-state index is 0.458. The normalized spacial score (nSPS) is 15.0. The van der Waals surface area contributed by atoms with Gasteiger partial charge in [-0.25, -0.2) is 0 Å². The van der Waals surface area contributed by atoms with Gasteiger partial charge < -0.3 is 9.64 Å². The minimum Gasteiger partial charge on any atom is -0.496 e. The summed E-state index contributed by atoms with van der Waals surface area (Å²) in [4.78, 5) is 6.86. The zero-order chi connectivity index (χ0) is 16.9. The zero-order valence-corrected chi connectivity index (χ0v) is 15.1. The molecule has 2 aromatic rings. The highest BCUT2D eigenvalue weighted by atomic mass is 35.5. The number of rotatable bonds is 4. The first-order valence-electron chi connectivity index (χ1n) is 8.10. The van der Waals surface area contributed by atoms with Gasteiger partial charge in [-0.2, -0.15) is 0 Å². The van der Waals surface area contributed by atoms with Crippen molar-refractivity contribution in [1.82, 2.24) is 0 Å². The number of methoxy groups -OCH3 is 1. The standard InChI is InChI=1S/C19H20Cl2N2O/c1-24-18-12-15(23-10-3-2-4-11-23)9-8-14(18)13-22-17-7-5-6-16(20)19(17)21/h5-9,12-13H,2-4,10-11H2,1H3. The molecule has 0 saturated carbocycles. The van der Waals surface area contributed by atoms with Crippen LogP contribution in [-0.2, 0) is 0 Å². The van der Waals surface area contributed by atoms with Crippen molar-refractivity contribution in [3.63, 3.8) is 0 Å². The van der Waals surface area contributed by atoms with Crippen LogP contribution in [0.2, 0.25) is 10.0 Å². The highest BCUT2D eigenvalue weighted by Crippen LogP contribution is 2.32. The molecule has 0 N–H and O–H groups in total. The fraction of sp³-hybridized carbons (Fsp3) is 0.316. The third kappa shape index (κ3) is 3.85. The van der Waals surface area contributed by atoms with Crippen LogP contribution < -0.4 is 9.64 Å². The molecule has 0 aromatic heterocycles. The average molecular weight is 363 g/mol. The smallest absolute Gasteiger partial charge is 0.129 e. The number of piperidine rings is 1. The summed E-state index contributed by atoms with van der Waals surface area (Å²) in [6.07, 6.45) is 5.58. The second-order valence-electron chi connectivity index (χ2n) is 5.81. The molecule has 3 nitrogen and oxygen atoms in total. The Hall–Kier alpha value is -1.71. The molecule has 0 bridgehead atoms. The van der Waals surface area contributed by atoms with Crippen molar-refractivity contribution in [2.45, 2.75) is 19.3 Å². The van der Waals surface area contributed by atoms with Gasteiger partial charge in [0.05, 0.1) is 22.8 Å². The predicted molar refractivity (Wildman–Crippen MR) is 103 cm³/mol. The molecule has 5 heteroatoms. The van der Waals surface area contributed by atoms with Gasteiger partial charge >= 0.3 is 0 Å². The van der Waals surface area contributed by atoms with E-state index in [0.717, 1.165) is 24.4 Å². The number of hydrogen-bond acceptors (Lipinski definition) is 3. The van der Waals surface area contributed by atoms with Crippen molar-refractivity contribution in [3.8, 4) is 5.75 Å². The Morgan fingerprint density at radius 2 is 1.88 bits per heavy atom. The highest BCUT2D eigenvalue weighted by Gasteiger charge is 2.13. The molecule has 2 aromatic carbocycles. The minimum atomic E-state index is 0.458. The Morgan fingerprint density at radius 1 is 1.08 bits per heavy atom. The zero-order valence-electron chi connectivity index (χ0n) is 13.6. The van der Waals surface area contributed by atoms with Gasteiger partial charge in [-0.15, -0.1) is 0 Å². The van der Waals surface area contributed by atoms with Crippen molar-refractivity contribution < 1.29 is 4.74 Å². The molecule has 1 fully saturated rings. The summed E-state index contributed by atoms with van der Waals surface area (Å²) in [5.74, 6) is 0.806. The van der Waals surface area contributed by atoms with Crippen molar-refractivity contribution in [3.05, 3.63) is 52.0 Å². The van der Waals surface area contributed by atoms with E-state index in [2.05, 4.69) is 22.0 Å². The lowest BCUT2D eigenvalue weighted by molar-refractivity contribution is 0.414. The van der Waals surface area contributed by atoms with Gasteiger partial charge in [0.2, 0.25) is 0 Å². The molecule has 0 spiro atoms. The third-order valence-electron chi connectivity index (χ3n) is 4.21. The SMILES string of the molecule is COc1cc(N2CCCCC2)ccc1C=Nc1cccc(Cl)c1Cl. The maximum atomic E-state index is 6.18. The van der Waals surface area contributed by atoms with Crippen LogP contribution in [0.1, 0.15) is 24.8 Å². The fourth-order valence-electron chi connectivity index (χ4n) is 2.89. The summed E-state index contributed by atoms with van der Waals surface area (Å²) in [5.41, 5.74) is 2.75. The molecule has 24 heavy (non-hydrogen) atoms. The van der Waals surface area contributed by atoms with E-state index in [1.54, 1.807) is 19.4 Å². The van der Waals surface area contributed by atoms with Crippen LogP contribution in [0.3, 0.4) is 0 Å². The van der Waals surface area contributed by atoms with Crippen LogP contribution >= 0.6 is 23.2 Å². The van der Waals surface area contributed by atoms with Crippen LogP contribution in [0, 0.1) is 0 Å². The van der Waals surface area contributed by atoms with Gasteiger partial charge in [0.15, 0.2) is 0 Å². The van der Waals surface area contributed by atoms with Crippen molar-refractivity contribution >= 4 is 40.8 Å². The van der Waals surface area contributed by atoms with Crippen molar-refractivity contribution in [2.75, 3.05) is 25.1 Å². The van der Waals surface area contributed by atoms with E-state index in [0.29, 0.717) is 15.7 Å². The number of anilines is 1. The van der Waals surface area contributed by atoms with E-state index < -0.39 is 0 Å². The Labute approximate surface area is 152 Å². The molecule has 126 valence electrons. The quantitative estimate of drug-likeness (QED) is 0.647. The molecule has 3 rings (SSSR count). The first kappa shape index (κ1) is 17.1. The molecule has 0 amide bonds. The van der Waals surface area contributed by atoms with Gasteiger partial charge in [0.1, 0.15) is 5.75 Å². The molecule has 1 saturated heterocycles. The summed E-state index contributed by atoms with van der Waals surface area (Å²) >= 11 is 12.2. The summed E-state index contributed by atoms with van der Waals surface area (Å²) in [7, 11) is 1.68. The number of halogens is 2. The third-order valence-corrected chi connectivity index (χ3v) is 5.02. The molecule has 0 aliphatic carbocycles. The van der Waals surface area contributed by atoms with Crippen LogP contribution in [0.25, 0.3) is 0 Å². The molecule has 1 heterocycles. The second-order valence-corrected chi connectivity index (χ2v) is 6.59. The van der Waals surface area contributed by atoms with Gasteiger partial charge in [0, 0.05) is 36.6 Å². The van der Waals surface area contributed by atoms with Crippen LogP contribution in [0.15, 0.2) is 41.4 Å². The predicted octanol–water partition coefficient (Wildman–Crippen LogP) is 5.74. The maximum absolute atomic E-state index is 6.18. The lowest BCUT2D eigenvalue weighted by atomic mass is 10.1. The fourth-order valence-corrected chi connectivity index (χ4v) is 3.23. The molecular weight excluding hydrogens is 343 g/mol. The monoisotopic (exact) mass is 362 g/mol. The van der Waals surface area contributed by atoms with E-state index in [1.165, 1.54) is 24.9 Å². The summed E-state index contributed by atoms with van der Waals surface area (Å²) in [5, 5.41) is 0.957. The lowest BCUT2D eigenvalue weighted by Gasteiger charge is -2.29. The van der Waals surface area contributed by atoms with E-state index >= 15 is 0 Å². The van der Waals surface area contributed by atoms with E-state index in [9.17, 15) is 0 Å². The average Bonchev–Trinajstić information content (AvgIpc) is 2.63. The Kier molecular flexibility index (Phi) is 5.64. The molecule has 0 atom stereocenters. The summed E-state index contributed by atoms with van der Waals surface area (Å²) < 4.78 is 5.54. The van der Waals surface area contributed by atoms with Crippen LogP contribution in [0.5, 0.6) is 5.75 Å². The summed E-state index contributed by atoms with van der Waals surface area (Å²) in [6.45, 7) is 2.21. The Balaban J connectivity index is 1.85. The highest BCUT2D eigenvalue weighted by molar-refractivity contribution is 6.43. The van der Waals surface area contributed by atoms with Crippen molar-refractivity contribution in [2.24, 2.45) is 4.99 Å². The first-order valence-corrected chi connectivity index (χ1v) is 8.85. The number of nitrogens with zero attached hydrogens (tertiary/aromatic N) is 2. The second kappa shape index (κ2) is 7.91. The van der Waals surface area contributed by atoms with Gasteiger partial charge in [0.25, 0.3) is 0 Å². The number of aliphatic imine (C=N–C) groups is 1. The van der Waals surface area contributed by atoms with E-state index in [1.807, 2.05) is 18.2 Å². The Bertz CT molecular complexity index is 740. The van der Waals surface area contributed by atoms with Crippen molar-refractivity contribution in [1.29, 1.82) is 0 Å².